The fourth-order valence-electron chi connectivity index (χ4n) is 3.00. The fourth-order valence-corrected chi connectivity index (χ4v) is 4.41. The summed E-state index contributed by atoms with van der Waals surface area (Å²) in [6, 6.07) is 13.5. The second-order valence-corrected chi connectivity index (χ2v) is 8.78. The van der Waals surface area contributed by atoms with Crippen LogP contribution in [0.3, 0.4) is 0 Å². The fraction of sp³-hybridized carbons (Fsp3) is 0.348. The molecule has 0 bridgehead atoms. The van der Waals surface area contributed by atoms with Gasteiger partial charge in [-0.25, -0.2) is 13.2 Å². The van der Waals surface area contributed by atoms with Crippen molar-refractivity contribution in [2.75, 3.05) is 46.1 Å². The molecule has 2 aromatic rings. The normalized spacial score (nSPS) is 14.9. The Balaban J connectivity index is 1.43. The van der Waals surface area contributed by atoms with Crippen molar-refractivity contribution < 1.29 is 32.2 Å². The highest BCUT2D eigenvalue weighted by Crippen LogP contribution is 2.19. The first kappa shape index (κ1) is 23.8. The second kappa shape index (κ2) is 11.7. The number of benzene rings is 2. The molecule has 0 atom stereocenters. The summed E-state index contributed by atoms with van der Waals surface area (Å²) in [5, 5.41) is 0. The number of ether oxygens (including phenoxy) is 4. The molecular weight excluding hydrogens is 434 g/mol. The van der Waals surface area contributed by atoms with Gasteiger partial charge in [0.25, 0.3) is 0 Å². The lowest BCUT2D eigenvalue weighted by Crippen LogP contribution is -2.40. The van der Waals surface area contributed by atoms with Crippen molar-refractivity contribution in [2.24, 2.45) is 0 Å². The van der Waals surface area contributed by atoms with Gasteiger partial charge in [0.05, 0.1) is 24.7 Å². The minimum atomic E-state index is -3.54. The van der Waals surface area contributed by atoms with Crippen molar-refractivity contribution in [3.63, 3.8) is 0 Å². The Morgan fingerprint density at radius 1 is 0.969 bits per heavy atom. The number of hydrogen-bond donors (Lipinski definition) is 0. The number of rotatable bonds is 10. The van der Waals surface area contributed by atoms with Gasteiger partial charge >= 0.3 is 5.97 Å². The standard InChI is InChI=1S/C23H27NO7S/c1-2-29-20-6-8-21(9-7-20)30-17-18-31-23(25)12-5-19-3-10-22(11-4-19)32(26,27)24-13-15-28-16-14-24/h3-12H,2,13-18H2,1H3. The van der Waals surface area contributed by atoms with Gasteiger partial charge in [0.15, 0.2) is 0 Å². The number of carbonyl (C=O) groups is 1. The first-order chi connectivity index (χ1) is 15.5. The number of sulfonamides is 1. The van der Waals surface area contributed by atoms with E-state index in [4.69, 9.17) is 18.9 Å². The zero-order valence-electron chi connectivity index (χ0n) is 17.9. The van der Waals surface area contributed by atoms with Crippen molar-refractivity contribution in [1.29, 1.82) is 0 Å². The zero-order valence-corrected chi connectivity index (χ0v) is 18.8. The van der Waals surface area contributed by atoms with E-state index in [1.54, 1.807) is 30.3 Å². The van der Waals surface area contributed by atoms with E-state index in [9.17, 15) is 13.2 Å². The highest BCUT2D eigenvalue weighted by molar-refractivity contribution is 7.89. The van der Waals surface area contributed by atoms with Gasteiger partial charge in [-0.05, 0) is 55.0 Å². The molecule has 1 aliphatic heterocycles. The van der Waals surface area contributed by atoms with Crippen LogP contribution < -0.4 is 9.47 Å². The highest BCUT2D eigenvalue weighted by Gasteiger charge is 2.25. The summed E-state index contributed by atoms with van der Waals surface area (Å²) in [6.07, 6.45) is 2.86. The Morgan fingerprint density at radius 2 is 1.59 bits per heavy atom. The number of carbonyl (C=O) groups excluding carboxylic acids is 1. The molecule has 2 aromatic carbocycles. The molecule has 0 N–H and O–H groups in total. The average molecular weight is 462 g/mol. The van der Waals surface area contributed by atoms with Gasteiger partial charge in [0, 0.05) is 19.2 Å². The van der Waals surface area contributed by atoms with Gasteiger partial charge in [0.2, 0.25) is 10.0 Å². The van der Waals surface area contributed by atoms with Crippen LogP contribution in [-0.2, 0) is 24.3 Å². The number of esters is 1. The molecule has 0 radical (unpaired) electrons. The molecule has 9 heteroatoms. The molecule has 1 fully saturated rings. The summed E-state index contributed by atoms with van der Waals surface area (Å²) in [5.74, 6) is 0.917. The maximum absolute atomic E-state index is 12.6. The Kier molecular flexibility index (Phi) is 8.66. The molecule has 0 saturated carbocycles. The maximum atomic E-state index is 12.6. The SMILES string of the molecule is CCOc1ccc(OCCOC(=O)C=Cc2ccc(S(=O)(=O)N3CCOCC3)cc2)cc1. The zero-order chi connectivity index (χ0) is 22.8. The summed E-state index contributed by atoms with van der Waals surface area (Å²) in [4.78, 5) is 12.1. The van der Waals surface area contributed by atoms with Crippen LogP contribution in [-0.4, -0.2) is 64.8 Å². The summed E-state index contributed by atoms with van der Waals surface area (Å²) in [5.41, 5.74) is 0.688. The molecule has 172 valence electrons. The van der Waals surface area contributed by atoms with Gasteiger partial charge in [-0.3, -0.25) is 0 Å². The molecule has 0 aliphatic carbocycles. The molecule has 0 spiro atoms. The van der Waals surface area contributed by atoms with Gasteiger partial charge in [-0.1, -0.05) is 12.1 Å². The van der Waals surface area contributed by atoms with E-state index in [0.29, 0.717) is 44.2 Å². The quantitative estimate of drug-likeness (QED) is 0.305. The summed E-state index contributed by atoms with van der Waals surface area (Å²) in [6.45, 7) is 4.33. The van der Waals surface area contributed by atoms with Crippen LogP contribution in [0, 0.1) is 0 Å². The Morgan fingerprint density at radius 3 is 2.22 bits per heavy atom. The van der Waals surface area contributed by atoms with Crippen LogP contribution in [0.15, 0.2) is 59.5 Å². The first-order valence-corrected chi connectivity index (χ1v) is 11.8. The second-order valence-electron chi connectivity index (χ2n) is 6.84. The molecule has 3 rings (SSSR count). The lowest BCUT2D eigenvalue weighted by atomic mass is 10.2. The molecular formula is C23H27NO7S. The van der Waals surface area contributed by atoms with Gasteiger partial charge in [0.1, 0.15) is 24.7 Å². The Bertz CT molecular complexity index is 996. The number of hydrogen-bond acceptors (Lipinski definition) is 7. The summed E-state index contributed by atoms with van der Waals surface area (Å²) >= 11 is 0. The predicted molar refractivity (Wildman–Crippen MR) is 119 cm³/mol. The minimum absolute atomic E-state index is 0.104. The van der Waals surface area contributed by atoms with Crippen LogP contribution in [0.4, 0.5) is 0 Å². The van der Waals surface area contributed by atoms with E-state index in [-0.39, 0.29) is 18.1 Å². The number of morpholine rings is 1. The molecule has 8 nitrogen and oxygen atoms in total. The van der Waals surface area contributed by atoms with Crippen LogP contribution in [0.5, 0.6) is 11.5 Å². The van der Waals surface area contributed by atoms with Crippen molar-refractivity contribution >= 4 is 22.1 Å². The van der Waals surface area contributed by atoms with E-state index < -0.39 is 16.0 Å². The summed E-state index contributed by atoms with van der Waals surface area (Å²) < 4.78 is 47.9. The molecule has 0 aromatic heterocycles. The van der Waals surface area contributed by atoms with Crippen molar-refractivity contribution in [3.8, 4) is 11.5 Å². The lowest BCUT2D eigenvalue weighted by molar-refractivity contribution is -0.138. The van der Waals surface area contributed by atoms with Crippen LogP contribution in [0.1, 0.15) is 12.5 Å². The maximum Gasteiger partial charge on any atom is 0.330 e. The van der Waals surface area contributed by atoms with Gasteiger partial charge in [-0.2, -0.15) is 4.31 Å². The third-order valence-electron chi connectivity index (χ3n) is 4.63. The lowest BCUT2D eigenvalue weighted by Gasteiger charge is -2.26. The van der Waals surface area contributed by atoms with E-state index in [2.05, 4.69) is 0 Å². The molecule has 0 unspecified atom stereocenters. The summed E-state index contributed by atoms with van der Waals surface area (Å²) in [7, 11) is -3.54. The Hall–Kier alpha value is -2.88. The van der Waals surface area contributed by atoms with Gasteiger partial charge in [-0.15, -0.1) is 0 Å². The smallest absolute Gasteiger partial charge is 0.330 e. The predicted octanol–water partition coefficient (Wildman–Crippen LogP) is 2.74. The van der Waals surface area contributed by atoms with Crippen LogP contribution >= 0.6 is 0 Å². The van der Waals surface area contributed by atoms with Crippen molar-refractivity contribution in [3.05, 3.63) is 60.2 Å². The monoisotopic (exact) mass is 461 g/mol. The highest BCUT2D eigenvalue weighted by atomic mass is 32.2. The Labute approximate surface area is 188 Å². The van der Waals surface area contributed by atoms with E-state index >= 15 is 0 Å². The molecule has 1 heterocycles. The molecule has 1 aliphatic rings. The van der Waals surface area contributed by atoms with E-state index in [0.717, 1.165) is 5.75 Å². The van der Waals surface area contributed by atoms with Crippen molar-refractivity contribution in [1.82, 2.24) is 4.31 Å². The molecule has 32 heavy (non-hydrogen) atoms. The first-order valence-electron chi connectivity index (χ1n) is 10.4. The average Bonchev–Trinajstić information content (AvgIpc) is 2.82. The third-order valence-corrected chi connectivity index (χ3v) is 6.54. The van der Waals surface area contributed by atoms with Gasteiger partial charge < -0.3 is 18.9 Å². The molecule has 0 amide bonds. The van der Waals surface area contributed by atoms with E-state index in [1.807, 2.05) is 19.1 Å². The third kappa shape index (κ3) is 6.81. The number of nitrogens with zero attached hydrogens (tertiary/aromatic N) is 1. The topological polar surface area (TPSA) is 91.4 Å². The molecule has 1 saturated heterocycles. The largest absolute Gasteiger partial charge is 0.494 e. The van der Waals surface area contributed by atoms with Crippen LogP contribution in [0.25, 0.3) is 6.08 Å². The van der Waals surface area contributed by atoms with E-state index in [1.165, 1.54) is 22.5 Å². The minimum Gasteiger partial charge on any atom is -0.494 e. The van der Waals surface area contributed by atoms with Crippen molar-refractivity contribution in [2.45, 2.75) is 11.8 Å². The van der Waals surface area contributed by atoms with Crippen LogP contribution in [0.2, 0.25) is 0 Å².